The van der Waals surface area contributed by atoms with E-state index in [0.717, 1.165) is 36.8 Å². The van der Waals surface area contributed by atoms with E-state index < -0.39 is 0 Å². The predicted molar refractivity (Wildman–Crippen MR) is 90.1 cm³/mol. The third kappa shape index (κ3) is 4.38. The number of nitrogens with zero attached hydrogens (tertiary/aromatic N) is 1. The first-order chi connectivity index (χ1) is 10.2. The lowest BCUT2D eigenvalue weighted by molar-refractivity contribution is -0.130. The molecule has 116 valence electrons. The molecule has 0 saturated heterocycles. The van der Waals surface area contributed by atoms with Crippen molar-refractivity contribution in [2.45, 2.75) is 37.6 Å². The number of halogens is 1. The van der Waals surface area contributed by atoms with Crippen molar-refractivity contribution in [1.29, 1.82) is 0 Å². The molecule has 0 saturated carbocycles. The van der Waals surface area contributed by atoms with Crippen LogP contribution in [-0.4, -0.2) is 36.2 Å². The fraction of sp³-hybridized carbons (Fsp3) is 0.562. The first-order valence-electron chi connectivity index (χ1n) is 7.59. The molecule has 1 unspecified atom stereocenters. The Morgan fingerprint density at radius 1 is 1.43 bits per heavy atom. The van der Waals surface area contributed by atoms with Crippen molar-refractivity contribution >= 4 is 29.3 Å². The molecule has 0 fully saturated rings. The van der Waals surface area contributed by atoms with Crippen LogP contribution in [0.15, 0.2) is 23.1 Å². The minimum Gasteiger partial charge on any atom is -0.343 e. The summed E-state index contributed by atoms with van der Waals surface area (Å²) in [7, 11) is 0. The summed E-state index contributed by atoms with van der Waals surface area (Å²) in [5, 5.41) is 4.30. The molecule has 2 rings (SSSR count). The smallest absolute Gasteiger partial charge is 0.223 e. The molecule has 1 aromatic carbocycles. The van der Waals surface area contributed by atoms with Crippen LogP contribution in [0, 0.1) is 0 Å². The van der Waals surface area contributed by atoms with Gasteiger partial charge in [0.15, 0.2) is 0 Å². The molecular formula is C16H23ClN2OS. The van der Waals surface area contributed by atoms with E-state index in [4.69, 9.17) is 11.6 Å². The summed E-state index contributed by atoms with van der Waals surface area (Å²) in [5.74, 6) is 1.33. The number of amides is 1. The van der Waals surface area contributed by atoms with Crippen molar-refractivity contribution in [3.05, 3.63) is 28.8 Å². The molecule has 1 heterocycles. The SMILES string of the molecule is CCN(CC)C(=O)CCNC1CCSc2ccc(Cl)cc21. The van der Waals surface area contributed by atoms with Crippen molar-refractivity contribution in [1.82, 2.24) is 10.2 Å². The van der Waals surface area contributed by atoms with Gasteiger partial charge in [-0.15, -0.1) is 11.8 Å². The predicted octanol–water partition coefficient (Wildman–Crippen LogP) is 3.73. The molecule has 5 heteroatoms. The number of fused-ring (bicyclic) bond motifs is 1. The second-order valence-electron chi connectivity index (χ2n) is 5.14. The summed E-state index contributed by atoms with van der Waals surface area (Å²) in [4.78, 5) is 15.2. The molecule has 0 bridgehead atoms. The van der Waals surface area contributed by atoms with Gasteiger partial charge in [0.05, 0.1) is 0 Å². The molecule has 0 radical (unpaired) electrons. The Morgan fingerprint density at radius 2 is 2.19 bits per heavy atom. The van der Waals surface area contributed by atoms with Gasteiger partial charge in [-0.05, 0) is 49.8 Å². The average Bonchev–Trinajstić information content (AvgIpc) is 2.49. The molecule has 21 heavy (non-hydrogen) atoms. The van der Waals surface area contributed by atoms with Gasteiger partial charge >= 0.3 is 0 Å². The lowest BCUT2D eigenvalue weighted by Crippen LogP contribution is -2.34. The van der Waals surface area contributed by atoms with Gasteiger partial charge in [-0.25, -0.2) is 0 Å². The van der Waals surface area contributed by atoms with Crippen molar-refractivity contribution in [2.75, 3.05) is 25.4 Å². The highest BCUT2D eigenvalue weighted by atomic mass is 35.5. The second-order valence-corrected chi connectivity index (χ2v) is 6.72. The Balaban J connectivity index is 1.90. The first kappa shape index (κ1) is 16.7. The monoisotopic (exact) mass is 326 g/mol. The summed E-state index contributed by atoms with van der Waals surface area (Å²) in [6, 6.07) is 6.40. The van der Waals surface area contributed by atoms with Crippen LogP contribution < -0.4 is 5.32 Å². The molecule has 1 aliphatic heterocycles. The number of nitrogens with one attached hydrogen (secondary N) is 1. The fourth-order valence-electron chi connectivity index (χ4n) is 2.67. The van der Waals surface area contributed by atoms with Gasteiger partial charge in [0, 0.05) is 42.0 Å². The first-order valence-corrected chi connectivity index (χ1v) is 8.95. The van der Waals surface area contributed by atoms with Crippen LogP contribution >= 0.6 is 23.4 Å². The maximum absolute atomic E-state index is 12.0. The van der Waals surface area contributed by atoms with Gasteiger partial charge in [-0.1, -0.05) is 11.6 Å². The van der Waals surface area contributed by atoms with Gasteiger partial charge in [0.25, 0.3) is 0 Å². The van der Waals surface area contributed by atoms with Crippen molar-refractivity contribution < 1.29 is 4.79 Å². The minimum atomic E-state index is 0.226. The van der Waals surface area contributed by atoms with E-state index in [-0.39, 0.29) is 5.91 Å². The van der Waals surface area contributed by atoms with E-state index in [1.54, 1.807) is 0 Å². The Kier molecular flexibility index (Phi) is 6.40. The Hall–Kier alpha value is -0.710. The average molecular weight is 327 g/mol. The summed E-state index contributed by atoms with van der Waals surface area (Å²) < 4.78 is 0. The van der Waals surface area contributed by atoms with Crippen molar-refractivity contribution in [3.8, 4) is 0 Å². The normalized spacial score (nSPS) is 17.4. The molecular weight excluding hydrogens is 304 g/mol. The number of carbonyl (C=O) groups is 1. The highest BCUT2D eigenvalue weighted by molar-refractivity contribution is 7.99. The van der Waals surface area contributed by atoms with Gasteiger partial charge in [0.1, 0.15) is 0 Å². The van der Waals surface area contributed by atoms with Gasteiger partial charge in [0.2, 0.25) is 5.91 Å². The maximum atomic E-state index is 12.0. The van der Waals surface area contributed by atoms with E-state index in [9.17, 15) is 4.79 Å². The van der Waals surface area contributed by atoms with E-state index >= 15 is 0 Å². The lowest BCUT2D eigenvalue weighted by atomic mass is 10.0. The lowest BCUT2D eigenvalue weighted by Gasteiger charge is -2.26. The van der Waals surface area contributed by atoms with Crippen LogP contribution in [0.1, 0.15) is 38.3 Å². The van der Waals surface area contributed by atoms with Crippen LogP contribution in [0.25, 0.3) is 0 Å². The molecule has 1 amide bonds. The number of carbonyl (C=O) groups excluding carboxylic acids is 1. The molecule has 1 aromatic rings. The van der Waals surface area contributed by atoms with Gasteiger partial charge < -0.3 is 10.2 Å². The largest absolute Gasteiger partial charge is 0.343 e. The molecule has 0 aliphatic carbocycles. The number of thioether (sulfide) groups is 1. The molecule has 3 nitrogen and oxygen atoms in total. The highest BCUT2D eigenvalue weighted by Gasteiger charge is 2.21. The third-order valence-corrected chi connectivity index (χ3v) is 5.21. The third-order valence-electron chi connectivity index (χ3n) is 3.86. The molecule has 1 aliphatic rings. The molecule has 0 aromatic heterocycles. The second kappa shape index (κ2) is 8.06. The van der Waals surface area contributed by atoms with E-state index in [2.05, 4.69) is 11.4 Å². The minimum absolute atomic E-state index is 0.226. The van der Waals surface area contributed by atoms with Gasteiger partial charge in [-0.2, -0.15) is 0 Å². The van der Waals surface area contributed by atoms with Crippen LogP contribution in [-0.2, 0) is 4.79 Å². The Labute approximate surface area is 136 Å². The number of benzene rings is 1. The summed E-state index contributed by atoms with van der Waals surface area (Å²) in [6.45, 7) is 6.33. The summed E-state index contributed by atoms with van der Waals surface area (Å²) >= 11 is 7.99. The number of rotatable bonds is 6. The fourth-order valence-corrected chi connectivity index (χ4v) is 3.95. The van der Waals surface area contributed by atoms with E-state index in [0.29, 0.717) is 12.5 Å². The van der Waals surface area contributed by atoms with Crippen molar-refractivity contribution in [2.24, 2.45) is 0 Å². The molecule has 0 spiro atoms. The zero-order valence-electron chi connectivity index (χ0n) is 12.7. The van der Waals surface area contributed by atoms with Crippen LogP contribution in [0.5, 0.6) is 0 Å². The summed E-state index contributed by atoms with van der Waals surface area (Å²) in [5.41, 5.74) is 1.27. The Bertz CT molecular complexity index is 491. The highest BCUT2D eigenvalue weighted by Crippen LogP contribution is 2.37. The maximum Gasteiger partial charge on any atom is 0.223 e. The standard InChI is InChI=1S/C16H23ClN2OS/c1-3-19(4-2)16(20)7-9-18-14-8-10-21-15-6-5-12(17)11-13(14)15/h5-6,11,14,18H,3-4,7-10H2,1-2H3. The number of hydrogen-bond donors (Lipinski definition) is 1. The molecule has 1 atom stereocenters. The number of hydrogen-bond acceptors (Lipinski definition) is 3. The van der Waals surface area contributed by atoms with E-state index in [1.807, 2.05) is 42.6 Å². The van der Waals surface area contributed by atoms with E-state index in [1.165, 1.54) is 10.5 Å². The quantitative estimate of drug-likeness (QED) is 0.864. The summed E-state index contributed by atoms with van der Waals surface area (Å²) in [6.07, 6.45) is 1.64. The van der Waals surface area contributed by atoms with Crippen LogP contribution in [0.3, 0.4) is 0 Å². The zero-order valence-corrected chi connectivity index (χ0v) is 14.3. The van der Waals surface area contributed by atoms with Crippen molar-refractivity contribution in [3.63, 3.8) is 0 Å². The zero-order chi connectivity index (χ0) is 15.2. The van der Waals surface area contributed by atoms with Crippen LogP contribution in [0.2, 0.25) is 5.02 Å². The Morgan fingerprint density at radius 3 is 2.90 bits per heavy atom. The van der Waals surface area contributed by atoms with Crippen LogP contribution in [0.4, 0.5) is 0 Å². The topological polar surface area (TPSA) is 32.3 Å². The van der Waals surface area contributed by atoms with Gasteiger partial charge in [-0.3, -0.25) is 4.79 Å². The molecule has 1 N–H and O–H groups in total.